The number of ether oxygens (including phenoxy) is 2. The number of methoxy groups -OCH3 is 1. The number of esters is 1. The molecule has 2 aliphatic heterocycles. The first-order valence-corrected chi connectivity index (χ1v) is 10.0. The molecule has 1 spiro atoms. The second-order valence-corrected chi connectivity index (χ2v) is 7.95. The Balaban J connectivity index is 1.43. The Bertz CT molecular complexity index is 1000. The summed E-state index contributed by atoms with van der Waals surface area (Å²) in [6, 6.07) is 7.66. The van der Waals surface area contributed by atoms with Crippen molar-refractivity contribution in [3.8, 4) is 5.75 Å². The van der Waals surface area contributed by atoms with Crippen molar-refractivity contribution >= 4 is 11.8 Å². The number of hydrogen-bond acceptors (Lipinski definition) is 5. The molecule has 28 heavy (non-hydrogen) atoms. The van der Waals surface area contributed by atoms with Crippen LogP contribution >= 0.6 is 0 Å². The maximum atomic E-state index is 12.5. The largest absolute Gasteiger partial charge is 0.496 e. The molecule has 3 heterocycles. The van der Waals surface area contributed by atoms with E-state index in [1.807, 2.05) is 18.2 Å². The summed E-state index contributed by atoms with van der Waals surface area (Å²) in [6.07, 6.45) is 5.43. The number of carbonyl (C=O) groups is 1. The molecule has 1 N–H and O–H groups in total. The molecular formula is C22H24N2O4. The number of piperidine rings is 1. The van der Waals surface area contributed by atoms with Crippen LogP contribution in [0.2, 0.25) is 0 Å². The van der Waals surface area contributed by atoms with Crippen LogP contribution in [0.3, 0.4) is 0 Å². The Morgan fingerprint density at radius 2 is 1.93 bits per heavy atom. The minimum Gasteiger partial charge on any atom is -0.496 e. The molecule has 1 aliphatic carbocycles. The lowest BCUT2D eigenvalue weighted by molar-refractivity contribution is -0.0219. The molecule has 5 rings (SSSR count). The van der Waals surface area contributed by atoms with Gasteiger partial charge in [-0.1, -0.05) is 6.07 Å². The molecule has 0 radical (unpaired) electrons. The van der Waals surface area contributed by atoms with E-state index >= 15 is 0 Å². The lowest BCUT2D eigenvalue weighted by atomic mass is 9.83. The summed E-state index contributed by atoms with van der Waals surface area (Å²) in [7, 11) is 1.62. The molecule has 0 atom stereocenters. The van der Waals surface area contributed by atoms with Crippen LogP contribution in [0.15, 0.2) is 29.1 Å². The SMILES string of the molecule is COc1cccc2c1C1(CCN(c3cc4c(c(=O)[nH]3)CCCC4)CC1)OC2=O. The van der Waals surface area contributed by atoms with Crippen molar-refractivity contribution < 1.29 is 14.3 Å². The second-order valence-electron chi connectivity index (χ2n) is 7.95. The first kappa shape index (κ1) is 17.3. The molecule has 1 aromatic heterocycles. The number of nitrogens with zero attached hydrogens (tertiary/aromatic N) is 1. The van der Waals surface area contributed by atoms with Crippen LogP contribution in [0.1, 0.15) is 52.7 Å². The number of H-pyrrole nitrogens is 1. The van der Waals surface area contributed by atoms with E-state index in [2.05, 4.69) is 16.0 Å². The van der Waals surface area contributed by atoms with E-state index in [9.17, 15) is 9.59 Å². The van der Waals surface area contributed by atoms with E-state index in [1.165, 1.54) is 5.56 Å². The van der Waals surface area contributed by atoms with Gasteiger partial charge in [0.1, 0.15) is 17.2 Å². The second kappa shape index (κ2) is 6.40. The Hall–Kier alpha value is -2.76. The van der Waals surface area contributed by atoms with Crippen LogP contribution in [0.25, 0.3) is 0 Å². The average Bonchev–Trinajstić information content (AvgIpc) is 3.00. The fourth-order valence-corrected chi connectivity index (χ4v) is 5.00. The van der Waals surface area contributed by atoms with E-state index in [4.69, 9.17) is 9.47 Å². The number of aromatic amines is 1. The Kier molecular flexibility index (Phi) is 3.96. The van der Waals surface area contributed by atoms with E-state index in [0.717, 1.165) is 42.6 Å². The highest BCUT2D eigenvalue weighted by molar-refractivity contribution is 5.95. The standard InChI is InChI=1S/C22H24N2O4/c1-27-17-8-4-7-16-19(17)22(28-21(16)26)9-11-24(12-10-22)18-13-14-5-2-3-6-15(14)20(25)23-18/h4,7-8,13H,2-3,5-6,9-12H2,1H3,(H,23,25). The molecule has 0 saturated carbocycles. The zero-order chi connectivity index (χ0) is 19.3. The monoisotopic (exact) mass is 380 g/mol. The molecule has 0 bridgehead atoms. The van der Waals surface area contributed by atoms with Gasteiger partial charge in [-0.2, -0.15) is 0 Å². The van der Waals surface area contributed by atoms with Crippen molar-refractivity contribution in [2.24, 2.45) is 0 Å². The van der Waals surface area contributed by atoms with Crippen LogP contribution in [-0.2, 0) is 23.2 Å². The fraction of sp³-hybridized carbons (Fsp3) is 0.455. The van der Waals surface area contributed by atoms with E-state index < -0.39 is 5.60 Å². The van der Waals surface area contributed by atoms with Crippen molar-refractivity contribution in [3.05, 3.63) is 56.9 Å². The van der Waals surface area contributed by atoms with Gasteiger partial charge < -0.3 is 19.4 Å². The molecular weight excluding hydrogens is 356 g/mol. The molecule has 146 valence electrons. The van der Waals surface area contributed by atoms with E-state index in [-0.39, 0.29) is 11.5 Å². The van der Waals surface area contributed by atoms with Gasteiger partial charge in [0.2, 0.25) is 0 Å². The Morgan fingerprint density at radius 3 is 2.71 bits per heavy atom. The van der Waals surface area contributed by atoms with Crippen molar-refractivity contribution in [2.75, 3.05) is 25.1 Å². The normalized spacial score (nSPS) is 19.9. The van der Waals surface area contributed by atoms with Crippen LogP contribution in [0.5, 0.6) is 5.75 Å². The number of fused-ring (bicyclic) bond motifs is 3. The number of carbonyl (C=O) groups excluding carboxylic acids is 1. The van der Waals surface area contributed by atoms with E-state index in [1.54, 1.807) is 7.11 Å². The summed E-state index contributed by atoms with van der Waals surface area (Å²) < 4.78 is 11.4. The van der Waals surface area contributed by atoms with Crippen molar-refractivity contribution in [3.63, 3.8) is 0 Å². The van der Waals surface area contributed by atoms with Crippen LogP contribution in [-0.4, -0.2) is 31.2 Å². The van der Waals surface area contributed by atoms with Gasteiger partial charge in [-0.3, -0.25) is 4.79 Å². The predicted octanol–water partition coefficient (Wildman–Crippen LogP) is 2.93. The Morgan fingerprint density at radius 1 is 1.14 bits per heavy atom. The number of aryl methyl sites for hydroxylation is 1. The summed E-state index contributed by atoms with van der Waals surface area (Å²) in [5.74, 6) is 1.31. The molecule has 1 aromatic carbocycles. The van der Waals surface area contributed by atoms with Gasteiger partial charge >= 0.3 is 5.97 Å². The molecule has 6 heteroatoms. The summed E-state index contributed by atoms with van der Waals surface area (Å²) >= 11 is 0. The minimum absolute atomic E-state index is 0.0480. The van der Waals surface area contributed by atoms with Crippen LogP contribution < -0.4 is 15.2 Å². The van der Waals surface area contributed by atoms with Crippen LogP contribution in [0.4, 0.5) is 5.82 Å². The third-order valence-corrected chi connectivity index (χ3v) is 6.46. The van der Waals surface area contributed by atoms with Gasteiger partial charge in [0.15, 0.2) is 0 Å². The number of aromatic nitrogens is 1. The number of hydrogen-bond donors (Lipinski definition) is 1. The van der Waals surface area contributed by atoms with Gasteiger partial charge in [-0.15, -0.1) is 0 Å². The molecule has 3 aliphatic rings. The quantitative estimate of drug-likeness (QED) is 0.811. The van der Waals surface area contributed by atoms with Gasteiger partial charge in [0.05, 0.1) is 18.2 Å². The molecule has 2 aromatic rings. The first-order chi connectivity index (χ1) is 13.6. The number of rotatable bonds is 2. The fourth-order valence-electron chi connectivity index (χ4n) is 5.00. The summed E-state index contributed by atoms with van der Waals surface area (Å²) in [6.45, 7) is 1.42. The zero-order valence-corrected chi connectivity index (χ0v) is 16.0. The molecule has 1 saturated heterocycles. The zero-order valence-electron chi connectivity index (χ0n) is 16.0. The summed E-state index contributed by atoms with van der Waals surface area (Å²) in [5.41, 5.74) is 3.03. The lowest BCUT2D eigenvalue weighted by Crippen LogP contribution is -2.44. The molecule has 0 amide bonds. The van der Waals surface area contributed by atoms with Crippen molar-refractivity contribution in [1.29, 1.82) is 0 Å². The Labute approximate surface area is 163 Å². The van der Waals surface area contributed by atoms with Gasteiger partial charge in [-0.05, 0) is 49.4 Å². The van der Waals surface area contributed by atoms with Crippen molar-refractivity contribution in [1.82, 2.24) is 4.98 Å². The van der Waals surface area contributed by atoms with Gasteiger partial charge in [-0.25, -0.2) is 4.79 Å². The maximum absolute atomic E-state index is 12.5. The highest BCUT2D eigenvalue weighted by Gasteiger charge is 2.49. The van der Waals surface area contributed by atoms with E-state index in [0.29, 0.717) is 37.2 Å². The van der Waals surface area contributed by atoms with Crippen molar-refractivity contribution in [2.45, 2.75) is 44.1 Å². The molecule has 1 fully saturated rings. The maximum Gasteiger partial charge on any atom is 0.339 e. The number of pyridine rings is 1. The third-order valence-electron chi connectivity index (χ3n) is 6.46. The lowest BCUT2D eigenvalue weighted by Gasteiger charge is -2.39. The smallest absolute Gasteiger partial charge is 0.339 e. The topological polar surface area (TPSA) is 71.6 Å². The van der Waals surface area contributed by atoms with Crippen LogP contribution in [0, 0.1) is 0 Å². The number of anilines is 1. The summed E-state index contributed by atoms with van der Waals surface area (Å²) in [4.78, 5) is 30.2. The highest BCUT2D eigenvalue weighted by Crippen LogP contribution is 2.48. The summed E-state index contributed by atoms with van der Waals surface area (Å²) in [5, 5.41) is 0. The van der Waals surface area contributed by atoms with Gasteiger partial charge in [0.25, 0.3) is 5.56 Å². The predicted molar refractivity (Wildman–Crippen MR) is 105 cm³/mol. The molecule has 6 nitrogen and oxygen atoms in total. The third kappa shape index (κ3) is 2.54. The first-order valence-electron chi connectivity index (χ1n) is 10.0. The average molecular weight is 380 g/mol. The van der Waals surface area contributed by atoms with Gasteiger partial charge in [0, 0.05) is 31.5 Å². The highest BCUT2D eigenvalue weighted by atomic mass is 16.6. The number of nitrogens with one attached hydrogen (secondary N) is 1. The minimum atomic E-state index is -0.635. The molecule has 0 unspecified atom stereocenters. The number of benzene rings is 1.